The van der Waals surface area contributed by atoms with Gasteiger partial charge in [0, 0.05) is 5.75 Å². The molecule has 1 aromatic heterocycles. The molecule has 1 saturated heterocycles. The zero-order valence-corrected chi connectivity index (χ0v) is 21.2. The number of rotatable bonds is 10. The van der Waals surface area contributed by atoms with Crippen LogP contribution in [0.2, 0.25) is 0 Å². The molecule has 2 aliphatic rings. The molecule has 0 aliphatic carbocycles. The topological polar surface area (TPSA) is 208 Å². The first kappa shape index (κ1) is 26.3. The van der Waals surface area contributed by atoms with E-state index in [1.54, 1.807) is 30.3 Å². The number of nitrogens with zero attached hydrogens (tertiary/aromatic N) is 4. The molecule has 14 nitrogen and oxygen atoms in total. The van der Waals surface area contributed by atoms with Gasteiger partial charge in [0.05, 0.1) is 0 Å². The number of fused-ring (bicyclic) bond motifs is 1. The van der Waals surface area contributed by atoms with E-state index in [1.165, 1.54) is 6.92 Å². The SMILES string of the molecule is CC(Sc1nnn[nH]1)(C1=C(C(=O)O)N2C(=O)[C@@H](NC(=O)C(O)c3ccccc3)[C@@H]2SC1)[PH](=O)OCO. The van der Waals surface area contributed by atoms with Crippen molar-refractivity contribution < 1.29 is 38.8 Å². The lowest BCUT2D eigenvalue weighted by atomic mass is 10.0. The Bertz CT molecular complexity index is 1220. The van der Waals surface area contributed by atoms with Gasteiger partial charge in [-0.25, -0.2) is 9.89 Å². The number of amides is 2. The van der Waals surface area contributed by atoms with Crippen LogP contribution in [-0.4, -0.2) is 87.1 Å². The lowest BCUT2D eigenvalue weighted by Crippen LogP contribution is -2.71. The number of carboxylic acids is 1. The number of H-pyrrole nitrogens is 1. The molecular weight excluding hydrogens is 535 g/mol. The summed E-state index contributed by atoms with van der Waals surface area (Å²) in [6.45, 7) is 0.588. The van der Waals surface area contributed by atoms with Crippen LogP contribution in [0.3, 0.4) is 0 Å². The smallest absolute Gasteiger partial charge is 0.352 e. The lowest BCUT2D eigenvalue weighted by molar-refractivity contribution is -0.151. The number of tetrazole rings is 1. The lowest BCUT2D eigenvalue weighted by Gasteiger charge is -2.51. The normalized spacial score (nSPS) is 22.8. The fraction of sp³-hybridized carbons (Fsp3) is 0.368. The van der Waals surface area contributed by atoms with Crippen LogP contribution >= 0.6 is 31.6 Å². The second kappa shape index (κ2) is 10.7. The van der Waals surface area contributed by atoms with Crippen molar-refractivity contribution in [1.82, 2.24) is 30.8 Å². The predicted molar refractivity (Wildman–Crippen MR) is 127 cm³/mol. The molecule has 5 atom stereocenters. The summed E-state index contributed by atoms with van der Waals surface area (Å²) in [5.74, 6) is -2.93. The average Bonchev–Trinajstić information content (AvgIpc) is 3.38. The summed E-state index contributed by atoms with van der Waals surface area (Å²) in [5, 5.41) is 44.5. The third-order valence-electron chi connectivity index (χ3n) is 5.62. The number of carbonyl (C=O) groups is 3. The highest BCUT2D eigenvalue weighted by Gasteiger charge is 2.57. The van der Waals surface area contributed by atoms with Crippen molar-refractivity contribution in [2.45, 2.75) is 34.1 Å². The van der Waals surface area contributed by atoms with Crippen LogP contribution in [0, 0.1) is 0 Å². The fourth-order valence-corrected chi connectivity index (χ4v) is 8.02. The monoisotopic (exact) mass is 556 g/mol. The van der Waals surface area contributed by atoms with Crippen LogP contribution in [0.15, 0.2) is 46.8 Å². The molecule has 0 radical (unpaired) electrons. The van der Waals surface area contributed by atoms with Crippen molar-refractivity contribution in [3.8, 4) is 0 Å². The Labute approximate surface area is 212 Å². The Morgan fingerprint density at radius 2 is 2.14 bits per heavy atom. The summed E-state index contributed by atoms with van der Waals surface area (Å²) in [7, 11) is -3.15. The minimum absolute atomic E-state index is 0.0138. The van der Waals surface area contributed by atoms with Crippen LogP contribution < -0.4 is 5.32 Å². The molecule has 0 spiro atoms. The zero-order valence-electron chi connectivity index (χ0n) is 18.5. The maximum absolute atomic E-state index is 13.0. The van der Waals surface area contributed by atoms with Gasteiger partial charge in [-0.2, -0.15) is 0 Å². The van der Waals surface area contributed by atoms with E-state index in [-0.39, 0.29) is 16.5 Å². The van der Waals surface area contributed by atoms with Gasteiger partial charge in [0.15, 0.2) is 12.9 Å². The van der Waals surface area contributed by atoms with Crippen LogP contribution in [0.25, 0.3) is 0 Å². The van der Waals surface area contributed by atoms with Gasteiger partial charge in [-0.15, -0.1) is 16.9 Å². The molecule has 4 rings (SSSR count). The summed E-state index contributed by atoms with van der Waals surface area (Å²) in [6, 6.07) is 7.08. The number of β-lactam (4-membered cyclic amide) rings is 1. The van der Waals surface area contributed by atoms with Crippen molar-refractivity contribution in [2.75, 3.05) is 12.5 Å². The number of nitrogens with one attached hydrogen (secondary N) is 2. The average molecular weight is 557 g/mol. The first-order chi connectivity index (χ1) is 17.2. The highest BCUT2D eigenvalue weighted by Crippen LogP contribution is 2.58. The predicted octanol–water partition coefficient (Wildman–Crippen LogP) is -0.0787. The highest BCUT2D eigenvalue weighted by atomic mass is 32.2. The molecule has 0 saturated carbocycles. The number of aromatic nitrogens is 4. The maximum Gasteiger partial charge on any atom is 0.352 e. The summed E-state index contributed by atoms with van der Waals surface area (Å²) >= 11 is 1.99. The van der Waals surface area contributed by atoms with Crippen LogP contribution in [0.5, 0.6) is 0 Å². The van der Waals surface area contributed by atoms with Crippen molar-refractivity contribution in [2.24, 2.45) is 0 Å². The second-order valence-corrected chi connectivity index (χ2v) is 12.5. The standard InChI is InChI=1S/C19H21N6O8PS2/c1-19(34(32)33-8-26,36-18-21-23-24-22-18)10-7-35-16-11(15(29)25(16)12(10)17(30)31)20-14(28)13(27)9-5-3-2-4-6-9/h2-6,11,13,16,26-27,34H,7-8H2,1H3,(H,20,28)(H,30,31)(H,21,22,23,24)/t11-,13?,16+,19?/m1/s1. The largest absolute Gasteiger partial charge is 0.477 e. The molecule has 1 fully saturated rings. The maximum atomic E-state index is 13.0. The van der Waals surface area contributed by atoms with Gasteiger partial charge in [-0.1, -0.05) is 42.1 Å². The fourth-order valence-electron chi connectivity index (χ4n) is 3.81. The molecule has 3 unspecified atom stereocenters. The van der Waals surface area contributed by atoms with Crippen LogP contribution in [-0.2, 0) is 23.5 Å². The van der Waals surface area contributed by atoms with E-state index < -0.39 is 60.3 Å². The molecular formula is C19H21N6O8PS2. The van der Waals surface area contributed by atoms with E-state index in [2.05, 4.69) is 25.9 Å². The van der Waals surface area contributed by atoms with Gasteiger partial charge in [0.1, 0.15) is 21.6 Å². The Balaban J connectivity index is 1.62. The van der Waals surface area contributed by atoms with E-state index in [0.717, 1.165) is 28.4 Å². The van der Waals surface area contributed by atoms with Gasteiger partial charge in [0.25, 0.3) is 11.8 Å². The molecule has 192 valence electrons. The minimum Gasteiger partial charge on any atom is -0.477 e. The number of carboxylic acid groups (broad SMARTS) is 1. The van der Waals surface area contributed by atoms with Crippen LogP contribution in [0.4, 0.5) is 0 Å². The molecule has 17 heteroatoms. The Morgan fingerprint density at radius 1 is 1.42 bits per heavy atom. The van der Waals surface area contributed by atoms with Gasteiger partial charge in [-0.05, 0) is 28.5 Å². The summed E-state index contributed by atoms with van der Waals surface area (Å²) < 4.78 is 16.5. The third-order valence-corrected chi connectivity index (χ3v) is 10.2. The number of thioether (sulfide) groups is 2. The number of benzene rings is 1. The number of aromatic amines is 1. The Kier molecular flexibility index (Phi) is 7.82. The first-order valence-corrected chi connectivity index (χ1v) is 13.5. The Hall–Kier alpha value is -2.75. The molecule has 2 amide bonds. The molecule has 0 bridgehead atoms. The van der Waals surface area contributed by atoms with E-state index in [9.17, 15) is 34.3 Å². The van der Waals surface area contributed by atoms with Crippen molar-refractivity contribution >= 4 is 49.3 Å². The van der Waals surface area contributed by atoms with E-state index >= 15 is 0 Å². The number of hydrogen-bond acceptors (Lipinski definition) is 12. The summed E-state index contributed by atoms with van der Waals surface area (Å²) in [5.41, 5.74) is 0.0460. The molecule has 1 aromatic carbocycles. The number of aliphatic hydroxyl groups is 2. The van der Waals surface area contributed by atoms with Crippen molar-refractivity contribution in [1.29, 1.82) is 0 Å². The van der Waals surface area contributed by atoms with Crippen molar-refractivity contribution in [3.05, 3.63) is 47.2 Å². The summed E-state index contributed by atoms with van der Waals surface area (Å²) in [4.78, 5) is 38.9. The first-order valence-electron chi connectivity index (χ1n) is 10.3. The zero-order chi connectivity index (χ0) is 26.0. The number of carbonyl (C=O) groups excluding carboxylic acids is 2. The van der Waals surface area contributed by atoms with Crippen LogP contribution in [0.1, 0.15) is 18.6 Å². The summed E-state index contributed by atoms with van der Waals surface area (Å²) in [6.07, 6.45) is -1.51. The molecule has 5 N–H and O–H groups in total. The van der Waals surface area contributed by atoms with Gasteiger partial charge in [0.2, 0.25) is 13.2 Å². The van der Waals surface area contributed by atoms with E-state index in [0.29, 0.717) is 5.56 Å². The van der Waals surface area contributed by atoms with E-state index in [4.69, 9.17) is 4.52 Å². The van der Waals surface area contributed by atoms with Crippen molar-refractivity contribution in [3.63, 3.8) is 0 Å². The quantitative estimate of drug-likeness (QED) is 0.112. The number of aliphatic hydroxyl groups excluding tert-OH is 2. The number of aliphatic carboxylic acids is 1. The molecule has 3 heterocycles. The minimum atomic E-state index is -3.15. The second-order valence-electron chi connectivity index (χ2n) is 7.74. The number of hydrogen-bond donors (Lipinski definition) is 5. The molecule has 2 aliphatic heterocycles. The third kappa shape index (κ3) is 4.79. The van der Waals surface area contributed by atoms with Gasteiger partial charge < -0.3 is 25.2 Å². The van der Waals surface area contributed by atoms with Gasteiger partial charge >= 0.3 is 5.97 Å². The highest BCUT2D eigenvalue weighted by molar-refractivity contribution is 8.05. The van der Waals surface area contributed by atoms with Gasteiger partial charge in [-0.3, -0.25) is 19.1 Å². The Morgan fingerprint density at radius 3 is 2.75 bits per heavy atom. The molecule has 36 heavy (non-hydrogen) atoms. The molecule has 2 aromatic rings. The van der Waals surface area contributed by atoms with E-state index in [1.807, 2.05) is 0 Å².